The number of ketones is 1. The van der Waals surface area contributed by atoms with Crippen LogP contribution in [0.1, 0.15) is 23.1 Å². The molecular weight excluding hydrogens is 288 g/mol. The van der Waals surface area contributed by atoms with Crippen LogP contribution in [0.5, 0.6) is 11.6 Å². The highest BCUT2D eigenvalue weighted by molar-refractivity contribution is 5.94. The van der Waals surface area contributed by atoms with Gasteiger partial charge in [0.05, 0.1) is 5.69 Å². The number of carbonyl (C=O) groups is 1. The molecule has 0 amide bonds. The molecule has 0 saturated heterocycles. The van der Waals surface area contributed by atoms with Crippen LogP contribution in [0, 0.1) is 6.92 Å². The molecule has 4 nitrogen and oxygen atoms in total. The van der Waals surface area contributed by atoms with Crippen molar-refractivity contribution in [1.29, 1.82) is 0 Å². The number of ether oxygens (including phenoxy) is 1. The Balaban J connectivity index is 1.88. The number of benzene rings is 2. The van der Waals surface area contributed by atoms with Crippen molar-refractivity contribution in [2.75, 3.05) is 0 Å². The van der Waals surface area contributed by atoms with Crippen molar-refractivity contribution in [2.45, 2.75) is 13.8 Å². The zero-order chi connectivity index (χ0) is 16.2. The van der Waals surface area contributed by atoms with Gasteiger partial charge in [0.25, 0.3) is 0 Å². The first-order valence-electron chi connectivity index (χ1n) is 7.32. The van der Waals surface area contributed by atoms with Crippen molar-refractivity contribution in [2.24, 2.45) is 0 Å². The molecule has 2 aromatic carbocycles. The lowest BCUT2D eigenvalue weighted by atomic mass is 10.1. The molecule has 4 heteroatoms. The number of aromatic nitrogens is 2. The monoisotopic (exact) mass is 304 g/mol. The maximum Gasteiger partial charge on any atom is 0.223 e. The van der Waals surface area contributed by atoms with E-state index >= 15 is 0 Å². The number of rotatable bonds is 4. The van der Waals surface area contributed by atoms with Gasteiger partial charge >= 0.3 is 0 Å². The fraction of sp³-hybridized carbons (Fsp3) is 0.105. The molecule has 0 N–H and O–H groups in total. The molecule has 1 heterocycles. The van der Waals surface area contributed by atoms with E-state index in [4.69, 9.17) is 4.74 Å². The van der Waals surface area contributed by atoms with Crippen LogP contribution >= 0.6 is 0 Å². The minimum Gasteiger partial charge on any atom is -0.439 e. The van der Waals surface area contributed by atoms with E-state index in [2.05, 4.69) is 9.97 Å². The summed E-state index contributed by atoms with van der Waals surface area (Å²) in [5.74, 6) is 1.78. The zero-order valence-corrected chi connectivity index (χ0v) is 13.0. The first kappa shape index (κ1) is 14.9. The average Bonchev–Trinajstić information content (AvgIpc) is 2.55. The van der Waals surface area contributed by atoms with Crippen molar-refractivity contribution >= 4 is 5.78 Å². The summed E-state index contributed by atoms with van der Waals surface area (Å²) in [6, 6.07) is 18.7. The quantitative estimate of drug-likeness (QED) is 0.668. The lowest BCUT2D eigenvalue weighted by molar-refractivity contribution is 0.101. The molecule has 0 aliphatic carbocycles. The maximum atomic E-state index is 11.3. The Kier molecular flexibility index (Phi) is 4.15. The normalized spacial score (nSPS) is 10.3. The largest absolute Gasteiger partial charge is 0.439 e. The van der Waals surface area contributed by atoms with Gasteiger partial charge in [0.15, 0.2) is 5.78 Å². The summed E-state index contributed by atoms with van der Waals surface area (Å²) in [6.45, 7) is 3.37. The third kappa shape index (κ3) is 3.61. The summed E-state index contributed by atoms with van der Waals surface area (Å²) in [5.41, 5.74) is 2.48. The number of aryl methyl sites for hydroxylation is 1. The van der Waals surface area contributed by atoms with Crippen molar-refractivity contribution < 1.29 is 9.53 Å². The van der Waals surface area contributed by atoms with Crippen LogP contribution in [0.3, 0.4) is 0 Å². The van der Waals surface area contributed by atoms with E-state index in [-0.39, 0.29) is 5.78 Å². The molecule has 0 spiro atoms. The topological polar surface area (TPSA) is 52.1 Å². The molecule has 0 aliphatic rings. The average molecular weight is 304 g/mol. The van der Waals surface area contributed by atoms with E-state index in [0.29, 0.717) is 23.0 Å². The molecule has 0 radical (unpaired) electrons. The predicted octanol–water partition coefficient (Wildman–Crippen LogP) is 4.45. The summed E-state index contributed by atoms with van der Waals surface area (Å²) in [5, 5.41) is 0. The van der Waals surface area contributed by atoms with Crippen LogP contribution in [-0.2, 0) is 0 Å². The Bertz CT molecular complexity index is 828. The molecule has 0 bridgehead atoms. The first-order chi connectivity index (χ1) is 11.1. The van der Waals surface area contributed by atoms with Gasteiger partial charge in [0, 0.05) is 17.2 Å². The predicted molar refractivity (Wildman–Crippen MR) is 88.7 cm³/mol. The second-order valence-electron chi connectivity index (χ2n) is 5.19. The van der Waals surface area contributed by atoms with Crippen LogP contribution in [0.4, 0.5) is 0 Å². The van der Waals surface area contributed by atoms with Gasteiger partial charge in [-0.2, -0.15) is 4.98 Å². The van der Waals surface area contributed by atoms with Crippen LogP contribution in [0.15, 0.2) is 60.7 Å². The molecule has 3 aromatic rings. The number of hydrogen-bond donors (Lipinski definition) is 0. The second kappa shape index (κ2) is 6.40. The fourth-order valence-electron chi connectivity index (χ4n) is 2.23. The van der Waals surface area contributed by atoms with Crippen molar-refractivity contribution in [3.8, 4) is 22.9 Å². The third-order valence-corrected chi connectivity index (χ3v) is 3.37. The molecule has 1 aromatic heterocycles. The van der Waals surface area contributed by atoms with Gasteiger partial charge < -0.3 is 4.74 Å². The van der Waals surface area contributed by atoms with Crippen molar-refractivity contribution in [1.82, 2.24) is 9.97 Å². The number of carbonyl (C=O) groups excluding carboxylic acids is 1. The summed E-state index contributed by atoms with van der Waals surface area (Å²) in [6.07, 6.45) is 0. The van der Waals surface area contributed by atoms with Crippen LogP contribution in [0.25, 0.3) is 11.3 Å². The van der Waals surface area contributed by atoms with E-state index in [1.165, 1.54) is 6.92 Å². The zero-order valence-electron chi connectivity index (χ0n) is 13.0. The number of hydrogen-bond acceptors (Lipinski definition) is 4. The van der Waals surface area contributed by atoms with Gasteiger partial charge in [0.1, 0.15) is 11.6 Å². The lowest BCUT2D eigenvalue weighted by Gasteiger charge is -2.08. The lowest BCUT2D eigenvalue weighted by Crippen LogP contribution is -1.96. The Morgan fingerprint density at radius 2 is 1.65 bits per heavy atom. The Labute approximate surface area is 134 Å². The molecule has 114 valence electrons. The fourth-order valence-corrected chi connectivity index (χ4v) is 2.23. The summed E-state index contributed by atoms with van der Waals surface area (Å²) in [7, 11) is 0. The van der Waals surface area contributed by atoms with Crippen LogP contribution < -0.4 is 4.74 Å². The van der Waals surface area contributed by atoms with Gasteiger partial charge in [-0.25, -0.2) is 4.98 Å². The second-order valence-corrected chi connectivity index (χ2v) is 5.19. The molecule has 0 unspecified atom stereocenters. The highest BCUT2D eigenvalue weighted by Crippen LogP contribution is 2.25. The first-order valence-corrected chi connectivity index (χ1v) is 7.32. The Morgan fingerprint density at radius 3 is 2.30 bits per heavy atom. The van der Waals surface area contributed by atoms with Gasteiger partial charge in [-0.3, -0.25) is 4.79 Å². The van der Waals surface area contributed by atoms with E-state index in [0.717, 1.165) is 11.3 Å². The van der Waals surface area contributed by atoms with Gasteiger partial charge in [-0.05, 0) is 38.1 Å². The minimum absolute atomic E-state index is 0.0285. The maximum absolute atomic E-state index is 11.3. The third-order valence-electron chi connectivity index (χ3n) is 3.37. The summed E-state index contributed by atoms with van der Waals surface area (Å²) < 4.78 is 5.79. The van der Waals surface area contributed by atoms with E-state index in [9.17, 15) is 4.79 Å². The summed E-state index contributed by atoms with van der Waals surface area (Å²) >= 11 is 0. The molecule has 3 rings (SSSR count). The Morgan fingerprint density at radius 1 is 0.957 bits per heavy atom. The molecular formula is C19H16N2O2. The molecule has 23 heavy (non-hydrogen) atoms. The van der Waals surface area contributed by atoms with E-state index in [1.54, 1.807) is 30.3 Å². The van der Waals surface area contributed by atoms with Gasteiger partial charge in [0.2, 0.25) is 5.88 Å². The Hall–Kier alpha value is -3.01. The van der Waals surface area contributed by atoms with Crippen molar-refractivity contribution in [3.05, 3.63) is 72.1 Å². The molecule has 0 atom stereocenters. The molecule has 0 aliphatic heterocycles. The SMILES string of the molecule is CC(=O)c1ccc(Oc2cc(-c3ccccc3)nc(C)n2)cc1. The summed E-state index contributed by atoms with van der Waals surface area (Å²) in [4.78, 5) is 20.1. The number of Topliss-reactive ketones (excluding diaryl/α,β-unsaturated/α-hetero) is 1. The van der Waals surface area contributed by atoms with Crippen LogP contribution in [0.2, 0.25) is 0 Å². The van der Waals surface area contributed by atoms with Gasteiger partial charge in [-0.15, -0.1) is 0 Å². The van der Waals surface area contributed by atoms with Crippen LogP contribution in [-0.4, -0.2) is 15.8 Å². The smallest absolute Gasteiger partial charge is 0.223 e. The minimum atomic E-state index is 0.0285. The molecule has 0 fully saturated rings. The van der Waals surface area contributed by atoms with E-state index < -0.39 is 0 Å². The standard InChI is InChI=1S/C19H16N2O2/c1-13(22)15-8-10-17(11-9-15)23-19-12-18(20-14(2)21-19)16-6-4-3-5-7-16/h3-12H,1-2H3. The van der Waals surface area contributed by atoms with E-state index in [1.807, 2.05) is 37.3 Å². The van der Waals surface area contributed by atoms with Crippen molar-refractivity contribution in [3.63, 3.8) is 0 Å². The highest BCUT2D eigenvalue weighted by atomic mass is 16.5. The highest BCUT2D eigenvalue weighted by Gasteiger charge is 2.07. The molecule has 0 saturated carbocycles. The number of nitrogens with zero attached hydrogens (tertiary/aromatic N) is 2. The van der Waals surface area contributed by atoms with Gasteiger partial charge in [-0.1, -0.05) is 30.3 Å².